The summed E-state index contributed by atoms with van der Waals surface area (Å²) in [4.78, 5) is 30.1. The largest absolute Gasteiger partial charge is 0.480 e. The topological polar surface area (TPSA) is 127 Å². The number of aliphatic carboxylic acids is 2. The number of nitrogens with two attached hydrogens (primary N) is 1. The maximum absolute atomic E-state index is 10.2. The molecule has 0 aromatic heterocycles. The number of hydrogen-bond acceptors (Lipinski definition) is 5. The zero-order valence-corrected chi connectivity index (χ0v) is 5.84. The summed E-state index contributed by atoms with van der Waals surface area (Å²) < 4.78 is 3.94. The van der Waals surface area contributed by atoms with Gasteiger partial charge in [0, 0.05) is 0 Å². The average molecular weight is 177 g/mol. The Morgan fingerprint density at radius 3 is 2.08 bits per heavy atom. The molecule has 0 bridgehead atoms. The minimum atomic E-state index is -1.85. The number of carbonyl (C=O) groups is 3. The third kappa shape index (κ3) is 2.54. The fourth-order valence-electron chi connectivity index (χ4n) is 0.486. The van der Waals surface area contributed by atoms with Crippen LogP contribution in [-0.4, -0.2) is 40.8 Å². The summed E-state index contributed by atoms with van der Waals surface area (Å²) in [6.45, 7) is -0.165. The molecular formula is C5H7NO6. The lowest BCUT2D eigenvalue weighted by molar-refractivity contribution is -0.162. The minimum Gasteiger partial charge on any atom is -0.480 e. The monoisotopic (exact) mass is 177 g/mol. The maximum atomic E-state index is 10.2. The van der Waals surface area contributed by atoms with Gasteiger partial charge in [0.05, 0.1) is 0 Å². The average Bonchev–Trinajstić information content (AvgIpc) is 1.98. The molecule has 7 nitrogen and oxygen atoms in total. The van der Waals surface area contributed by atoms with Crippen LogP contribution in [0.2, 0.25) is 0 Å². The molecule has 0 rings (SSSR count). The highest BCUT2D eigenvalue weighted by Gasteiger charge is 2.32. The SMILES string of the molecule is NC(C(=O)O)C(OC=O)C(=O)O. The highest BCUT2D eigenvalue weighted by molar-refractivity contribution is 5.84. The summed E-state index contributed by atoms with van der Waals surface area (Å²) >= 11 is 0. The van der Waals surface area contributed by atoms with Gasteiger partial charge in [0.25, 0.3) is 6.47 Å². The van der Waals surface area contributed by atoms with E-state index in [4.69, 9.17) is 15.9 Å². The normalized spacial score (nSPS) is 14.4. The molecule has 2 atom stereocenters. The number of carbonyl (C=O) groups excluding carboxylic acids is 1. The fourth-order valence-corrected chi connectivity index (χ4v) is 0.486. The zero-order chi connectivity index (χ0) is 9.72. The van der Waals surface area contributed by atoms with Gasteiger partial charge in [0.2, 0.25) is 6.10 Å². The van der Waals surface area contributed by atoms with Crippen molar-refractivity contribution in [2.45, 2.75) is 12.1 Å². The number of ether oxygens (including phenoxy) is 1. The first-order valence-electron chi connectivity index (χ1n) is 2.81. The van der Waals surface area contributed by atoms with E-state index in [9.17, 15) is 14.4 Å². The molecule has 0 aliphatic carbocycles. The second-order valence-corrected chi connectivity index (χ2v) is 1.86. The Labute approximate surface area is 66.7 Å². The third-order valence-electron chi connectivity index (χ3n) is 1.06. The van der Waals surface area contributed by atoms with Crippen molar-refractivity contribution in [2.24, 2.45) is 5.73 Å². The van der Waals surface area contributed by atoms with E-state index in [1.54, 1.807) is 0 Å². The molecule has 0 spiro atoms. The van der Waals surface area contributed by atoms with Crippen molar-refractivity contribution in [1.29, 1.82) is 0 Å². The zero-order valence-electron chi connectivity index (χ0n) is 5.84. The Morgan fingerprint density at radius 1 is 1.33 bits per heavy atom. The molecule has 0 saturated heterocycles. The van der Waals surface area contributed by atoms with Gasteiger partial charge in [-0.25, -0.2) is 4.79 Å². The van der Waals surface area contributed by atoms with Gasteiger partial charge in [-0.2, -0.15) is 0 Å². The van der Waals surface area contributed by atoms with Crippen molar-refractivity contribution in [3.63, 3.8) is 0 Å². The standard InChI is InChI=1S/C5H7NO6/c6-2(4(8)9)3(5(10)11)12-1-7/h1-3H,6H2,(H,8,9)(H,10,11). The Hall–Kier alpha value is -1.63. The molecule has 0 aliphatic rings. The smallest absolute Gasteiger partial charge is 0.347 e. The molecule has 0 saturated carbocycles. The van der Waals surface area contributed by atoms with Crippen LogP contribution in [0.25, 0.3) is 0 Å². The molecule has 0 radical (unpaired) electrons. The van der Waals surface area contributed by atoms with Crippen LogP contribution in [0.1, 0.15) is 0 Å². The Balaban J connectivity index is 4.38. The molecule has 0 aromatic rings. The first-order chi connectivity index (χ1) is 5.50. The Bertz CT molecular complexity index is 202. The molecule has 0 aliphatic heterocycles. The van der Waals surface area contributed by atoms with E-state index in [-0.39, 0.29) is 6.47 Å². The van der Waals surface area contributed by atoms with Gasteiger partial charge >= 0.3 is 11.9 Å². The second-order valence-electron chi connectivity index (χ2n) is 1.86. The second kappa shape index (κ2) is 4.29. The summed E-state index contributed by atoms with van der Waals surface area (Å²) in [5, 5.41) is 16.5. The van der Waals surface area contributed by atoms with Crippen LogP contribution in [0.5, 0.6) is 0 Å². The Kier molecular flexibility index (Phi) is 3.71. The predicted molar refractivity (Wildman–Crippen MR) is 34.2 cm³/mol. The summed E-state index contributed by atoms with van der Waals surface area (Å²) in [6.07, 6.45) is -1.85. The fraction of sp³-hybridized carbons (Fsp3) is 0.400. The lowest BCUT2D eigenvalue weighted by atomic mass is 10.2. The van der Waals surface area contributed by atoms with E-state index < -0.39 is 24.1 Å². The van der Waals surface area contributed by atoms with Crippen molar-refractivity contribution in [1.82, 2.24) is 0 Å². The molecule has 12 heavy (non-hydrogen) atoms. The summed E-state index contributed by atoms with van der Waals surface area (Å²) in [6, 6.07) is -1.76. The van der Waals surface area contributed by atoms with Gasteiger partial charge in [-0.3, -0.25) is 9.59 Å². The molecule has 0 heterocycles. The first kappa shape index (κ1) is 10.4. The van der Waals surface area contributed by atoms with Crippen LogP contribution >= 0.6 is 0 Å². The van der Waals surface area contributed by atoms with Crippen molar-refractivity contribution in [3.8, 4) is 0 Å². The quantitative estimate of drug-likeness (QED) is 0.415. The number of rotatable bonds is 5. The van der Waals surface area contributed by atoms with Crippen molar-refractivity contribution >= 4 is 18.4 Å². The predicted octanol–water partition coefficient (Wildman–Crippen LogP) is -1.98. The van der Waals surface area contributed by atoms with Crippen LogP contribution in [0, 0.1) is 0 Å². The summed E-state index contributed by atoms with van der Waals surface area (Å²) in [5.41, 5.74) is 4.88. The maximum Gasteiger partial charge on any atom is 0.347 e. The lowest BCUT2D eigenvalue weighted by Gasteiger charge is -2.13. The highest BCUT2D eigenvalue weighted by Crippen LogP contribution is 1.96. The molecule has 7 heteroatoms. The highest BCUT2D eigenvalue weighted by atomic mass is 16.5. The van der Waals surface area contributed by atoms with Crippen LogP contribution in [0.4, 0.5) is 0 Å². The molecule has 0 fully saturated rings. The van der Waals surface area contributed by atoms with Gasteiger partial charge in [-0.1, -0.05) is 0 Å². The van der Waals surface area contributed by atoms with Gasteiger partial charge in [-0.05, 0) is 0 Å². The third-order valence-corrected chi connectivity index (χ3v) is 1.06. The van der Waals surface area contributed by atoms with E-state index in [0.29, 0.717) is 0 Å². The van der Waals surface area contributed by atoms with Gasteiger partial charge in [0.1, 0.15) is 0 Å². The summed E-state index contributed by atoms with van der Waals surface area (Å²) in [7, 11) is 0. The molecule has 4 N–H and O–H groups in total. The van der Waals surface area contributed by atoms with Gasteiger partial charge in [-0.15, -0.1) is 0 Å². The van der Waals surface area contributed by atoms with Gasteiger partial charge in [0.15, 0.2) is 6.04 Å². The van der Waals surface area contributed by atoms with Crippen LogP contribution < -0.4 is 5.73 Å². The lowest BCUT2D eigenvalue weighted by Crippen LogP contribution is -2.47. The van der Waals surface area contributed by atoms with Crippen LogP contribution in [-0.2, 0) is 19.1 Å². The first-order valence-corrected chi connectivity index (χ1v) is 2.81. The van der Waals surface area contributed by atoms with Crippen molar-refractivity contribution < 1.29 is 29.3 Å². The molecule has 0 amide bonds. The van der Waals surface area contributed by atoms with Crippen LogP contribution in [0.15, 0.2) is 0 Å². The number of carboxylic acids is 2. The minimum absolute atomic E-state index is 0.165. The van der Waals surface area contributed by atoms with Crippen LogP contribution in [0.3, 0.4) is 0 Å². The van der Waals surface area contributed by atoms with E-state index in [1.807, 2.05) is 0 Å². The molecule has 2 unspecified atom stereocenters. The number of carboxylic acid groups (broad SMARTS) is 2. The van der Waals surface area contributed by atoms with Crippen molar-refractivity contribution in [2.75, 3.05) is 0 Å². The Morgan fingerprint density at radius 2 is 1.83 bits per heavy atom. The molecule has 0 aromatic carbocycles. The van der Waals surface area contributed by atoms with Crippen molar-refractivity contribution in [3.05, 3.63) is 0 Å². The van der Waals surface area contributed by atoms with E-state index >= 15 is 0 Å². The van der Waals surface area contributed by atoms with E-state index in [0.717, 1.165) is 0 Å². The van der Waals surface area contributed by atoms with E-state index in [2.05, 4.69) is 4.74 Å². The van der Waals surface area contributed by atoms with Gasteiger partial charge < -0.3 is 20.7 Å². The summed E-state index contributed by atoms with van der Waals surface area (Å²) in [5.74, 6) is -3.15. The molecule has 68 valence electrons. The number of hydrogen-bond donors (Lipinski definition) is 3. The van der Waals surface area contributed by atoms with E-state index in [1.165, 1.54) is 0 Å². The molecular weight excluding hydrogens is 170 g/mol.